The van der Waals surface area contributed by atoms with Crippen molar-refractivity contribution in [3.05, 3.63) is 57.6 Å². The molecule has 1 fully saturated rings. The largest absolute Gasteiger partial charge is 0.393 e. The Morgan fingerprint density at radius 2 is 1.81 bits per heavy atom. The van der Waals surface area contributed by atoms with Crippen molar-refractivity contribution < 1.29 is 28.0 Å². The summed E-state index contributed by atoms with van der Waals surface area (Å²) in [5.74, 6) is -10.8. The third kappa shape index (κ3) is 4.49. The number of nitrogens with one attached hydrogen (secondary N) is 1. The van der Waals surface area contributed by atoms with E-state index in [0.29, 0.717) is 0 Å². The van der Waals surface area contributed by atoms with Crippen LogP contribution in [0.3, 0.4) is 0 Å². The zero-order chi connectivity index (χ0) is 27.4. The van der Waals surface area contributed by atoms with E-state index in [0.717, 1.165) is 17.0 Å². The van der Waals surface area contributed by atoms with Gasteiger partial charge in [-0.15, -0.1) is 0 Å². The van der Waals surface area contributed by atoms with Crippen LogP contribution < -0.4 is 16.2 Å². The normalized spacial score (nSPS) is 20.4. The molecule has 37 heavy (non-hydrogen) atoms. The molecule has 0 spiro atoms. The lowest BCUT2D eigenvalue weighted by molar-refractivity contribution is -0.154. The average molecular weight is 511 g/mol. The fourth-order valence-corrected chi connectivity index (χ4v) is 4.61. The molecular formula is C22H13B5ClF2N3O4. The van der Waals surface area contributed by atoms with Gasteiger partial charge in [0.05, 0.1) is 0 Å². The molecular weight excluding hydrogens is 498 g/mol. The molecule has 2 aromatic rings. The van der Waals surface area contributed by atoms with Crippen LogP contribution in [0, 0.1) is 0 Å². The van der Waals surface area contributed by atoms with Crippen LogP contribution in [-0.4, -0.2) is 78.7 Å². The maximum Gasteiger partial charge on any atom is 0.348 e. The fourth-order valence-electron chi connectivity index (χ4n) is 4.48. The number of imide groups is 1. The van der Waals surface area contributed by atoms with Gasteiger partial charge in [-0.05, 0) is 29.7 Å². The van der Waals surface area contributed by atoms with Crippen LogP contribution in [-0.2, 0) is 20.3 Å². The summed E-state index contributed by atoms with van der Waals surface area (Å²) < 4.78 is 29.8. The Bertz CT molecular complexity index is 1330. The number of hydrogen-bond acceptors (Lipinski definition) is 4. The number of halogens is 3. The van der Waals surface area contributed by atoms with Crippen LogP contribution in [0.4, 0.5) is 8.78 Å². The zero-order valence-electron chi connectivity index (χ0n) is 19.1. The predicted molar refractivity (Wildman–Crippen MR) is 134 cm³/mol. The molecule has 1 saturated heterocycles. The predicted octanol–water partition coefficient (Wildman–Crippen LogP) is -0.773. The van der Waals surface area contributed by atoms with Crippen molar-refractivity contribution in [1.29, 1.82) is 0 Å². The number of rotatable bonds is 5. The summed E-state index contributed by atoms with van der Waals surface area (Å²) in [7, 11) is 30.3. The second kappa shape index (κ2) is 9.70. The Morgan fingerprint density at radius 3 is 2.41 bits per heavy atom. The Labute approximate surface area is 222 Å². The van der Waals surface area contributed by atoms with E-state index >= 15 is 0 Å². The van der Waals surface area contributed by atoms with E-state index < -0.39 is 53.0 Å². The van der Waals surface area contributed by atoms with Gasteiger partial charge in [0.2, 0.25) is 19.8 Å². The molecule has 176 valence electrons. The number of nitrogens with zero attached hydrogens (tertiary/aromatic N) is 2. The average Bonchev–Trinajstić information content (AvgIpc) is 3.08. The van der Waals surface area contributed by atoms with E-state index in [1.54, 1.807) is 0 Å². The van der Waals surface area contributed by atoms with Crippen molar-refractivity contribution in [2.75, 3.05) is 0 Å². The summed E-state index contributed by atoms with van der Waals surface area (Å²) in [6.07, 6.45) is 0.0216. The monoisotopic (exact) mass is 511 g/mol. The van der Waals surface area contributed by atoms with Crippen LogP contribution in [0.5, 0.6) is 0 Å². The fraction of sp³-hybridized carbons (Fsp3) is 0.273. The minimum absolute atomic E-state index is 0.0108. The van der Waals surface area contributed by atoms with Crippen LogP contribution in [0.15, 0.2) is 30.3 Å². The molecule has 1 N–H and O–H groups in total. The molecule has 2 aliphatic rings. The van der Waals surface area contributed by atoms with Gasteiger partial charge in [0, 0.05) is 34.5 Å². The first kappa shape index (κ1) is 27.0. The van der Waals surface area contributed by atoms with Gasteiger partial charge in [0.25, 0.3) is 11.8 Å². The number of piperidine rings is 1. The van der Waals surface area contributed by atoms with Crippen molar-refractivity contribution in [3.63, 3.8) is 0 Å². The summed E-state index contributed by atoms with van der Waals surface area (Å²) in [6.45, 7) is 0. The molecule has 10 radical (unpaired) electrons. The van der Waals surface area contributed by atoms with Crippen molar-refractivity contribution in [1.82, 2.24) is 15.0 Å². The topological polar surface area (TPSA) is 86.8 Å². The number of benzene rings is 2. The lowest BCUT2D eigenvalue weighted by Gasteiger charge is -2.35. The SMILES string of the molecule is [B]c1cc2c(c([B])c1C([B])N([B])C(=O)C(F)(F)c1ccc(Cl)cc1)C([B])N(C1CCC(=O)NC1=O)C2=O. The molecule has 4 rings (SSSR count). The molecule has 2 heterocycles. The first-order valence-electron chi connectivity index (χ1n) is 10.9. The number of alkyl halides is 2. The molecule has 3 unspecified atom stereocenters. The van der Waals surface area contributed by atoms with E-state index in [1.807, 2.05) is 0 Å². The van der Waals surface area contributed by atoms with Gasteiger partial charge in [-0.2, -0.15) is 8.78 Å². The van der Waals surface area contributed by atoms with Crippen molar-refractivity contribution in [2.24, 2.45) is 0 Å². The standard InChI is InChI=1S/C22H13B5ClF2N3O4/c23-11-7-10-14(17(25)32(20(10)36)12-5-6-13(34)31-19(12)35)16(24)15(11)18(26)33(27)21(37)22(29,30)8-1-3-9(28)4-2-8/h1-4,7,12,17-18H,5-6H2,(H,31,34,35). The first-order valence-corrected chi connectivity index (χ1v) is 11.3. The van der Waals surface area contributed by atoms with E-state index in [2.05, 4.69) is 5.32 Å². The maximum absolute atomic E-state index is 14.9. The molecule has 0 saturated carbocycles. The van der Waals surface area contributed by atoms with Crippen molar-refractivity contribution in [3.8, 4) is 0 Å². The van der Waals surface area contributed by atoms with Crippen molar-refractivity contribution in [2.45, 2.75) is 36.7 Å². The Kier molecular flexibility index (Phi) is 7.09. The molecule has 2 aromatic carbocycles. The summed E-state index contributed by atoms with van der Waals surface area (Å²) in [5.41, 5.74) is -1.37. The van der Waals surface area contributed by atoms with Crippen LogP contribution in [0.1, 0.15) is 51.8 Å². The quantitative estimate of drug-likeness (QED) is 0.423. The third-order valence-corrected chi connectivity index (χ3v) is 6.64. The summed E-state index contributed by atoms with van der Waals surface area (Å²) >= 11 is 5.72. The maximum atomic E-state index is 14.9. The minimum atomic E-state index is -4.08. The van der Waals surface area contributed by atoms with Gasteiger partial charge in [-0.3, -0.25) is 24.5 Å². The lowest BCUT2D eigenvalue weighted by atomic mass is 9.67. The molecule has 4 amide bonds. The van der Waals surface area contributed by atoms with E-state index in [9.17, 15) is 28.0 Å². The second-order valence-corrected chi connectivity index (χ2v) is 9.05. The second-order valence-electron chi connectivity index (χ2n) is 8.62. The number of carbonyl (C=O) groups is 4. The van der Waals surface area contributed by atoms with Gasteiger partial charge in [-0.1, -0.05) is 40.7 Å². The van der Waals surface area contributed by atoms with Crippen LogP contribution >= 0.6 is 11.6 Å². The molecule has 0 bridgehead atoms. The summed E-state index contributed by atoms with van der Waals surface area (Å²) in [5, 5.41) is 2.33. The Hall–Kier alpha value is -3.01. The Balaban J connectivity index is 1.67. The highest BCUT2D eigenvalue weighted by atomic mass is 35.5. The zero-order valence-corrected chi connectivity index (χ0v) is 19.8. The lowest BCUT2D eigenvalue weighted by Crippen LogP contribution is -2.53. The van der Waals surface area contributed by atoms with E-state index in [1.165, 1.54) is 18.2 Å². The van der Waals surface area contributed by atoms with E-state index in [4.69, 9.17) is 51.0 Å². The number of hydrogen-bond donors (Lipinski definition) is 1. The van der Waals surface area contributed by atoms with Gasteiger partial charge in [-0.25, -0.2) is 0 Å². The van der Waals surface area contributed by atoms with Gasteiger partial charge < -0.3 is 9.71 Å². The number of fused-ring (bicyclic) bond motifs is 1. The van der Waals surface area contributed by atoms with E-state index in [-0.39, 0.29) is 50.3 Å². The molecule has 7 nitrogen and oxygen atoms in total. The van der Waals surface area contributed by atoms with Crippen LogP contribution in [0.2, 0.25) is 5.02 Å². The van der Waals surface area contributed by atoms with Crippen LogP contribution in [0.25, 0.3) is 0 Å². The highest BCUT2D eigenvalue weighted by molar-refractivity contribution is 6.44. The Morgan fingerprint density at radius 1 is 1.19 bits per heavy atom. The molecule has 2 aliphatic heterocycles. The third-order valence-electron chi connectivity index (χ3n) is 6.39. The molecule has 15 heteroatoms. The van der Waals surface area contributed by atoms with Crippen molar-refractivity contribution >= 4 is 85.5 Å². The highest BCUT2D eigenvalue weighted by Gasteiger charge is 2.46. The summed E-state index contributed by atoms with van der Waals surface area (Å²) in [4.78, 5) is 50.8. The van der Waals surface area contributed by atoms with Gasteiger partial charge >= 0.3 is 5.92 Å². The first-order chi connectivity index (χ1) is 17.3. The molecule has 0 aromatic heterocycles. The number of carbonyl (C=O) groups excluding carboxylic acids is 4. The highest BCUT2D eigenvalue weighted by Crippen LogP contribution is 2.36. The summed E-state index contributed by atoms with van der Waals surface area (Å²) in [6, 6.07) is 4.41. The molecule has 0 aliphatic carbocycles. The smallest absolute Gasteiger partial charge is 0.348 e. The van der Waals surface area contributed by atoms with Gasteiger partial charge in [0.15, 0.2) is 0 Å². The van der Waals surface area contributed by atoms with Gasteiger partial charge in [0.1, 0.15) is 37.4 Å². The number of amides is 4. The minimum Gasteiger partial charge on any atom is -0.393 e. The molecule has 3 atom stereocenters.